The number of Topliss-reactive ketones (excluding diaryl/α,β-unsaturated/α-hetero) is 1. The number of piperazine rings is 1. The first-order chi connectivity index (χ1) is 18.1. The van der Waals surface area contributed by atoms with Gasteiger partial charge in [0.2, 0.25) is 5.78 Å². The number of ketones is 1. The third-order valence-electron chi connectivity index (χ3n) is 8.01. The predicted molar refractivity (Wildman–Crippen MR) is 143 cm³/mol. The van der Waals surface area contributed by atoms with Crippen LogP contribution in [0.2, 0.25) is 5.02 Å². The summed E-state index contributed by atoms with van der Waals surface area (Å²) in [5.41, 5.74) is 2.44. The Balaban J connectivity index is 1.34. The van der Waals surface area contributed by atoms with Gasteiger partial charge in [0.1, 0.15) is 5.82 Å². The Kier molecular flexibility index (Phi) is 7.44. The van der Waals surface area contributed by atoms with Crippen LogP contribution in [0.4, 0.5) is 10.1 Å². The minimum absolute atomic E-state index is 0.0698. The number of nitrogens with two attached hydrogens (primary N) is 1. The van der Waals surface area contributed by atoms with E-state index in [1.54, 1.807) is 34.1 Å². The van der Waals surface area contributed by atoms with Crippen LogP contribution < -0.4 is 10.9 Å². The van der Waals surface area contributed by atoms with Gasteiger partial charge in [-0.15, -0.1) is 0 Å². The van der Waals surface area contributed by atoms with Crippen LogP contribution in [0.1, 0.15) is 54.1 Å². The highest BCUT2D eigenvalue weighted by Crippen LogP contribution is 2.39. The van der Waals surface area contributed by atoms with E-state index in [2.05, 4.69) is 11.8 Å². The molecule has 0 aromatic heterocycles. The van der Waals surface area contributed by atoms with E-state index in [9.17, 15) is 18.8 Å². The number of rotatable bonds is 5. The molecule has 0 bridgehead atoms. The summed E-state index contributed by atoms with van der Waals surface area (Å²) >= 11 is 6.58. The molecule has 3 atom stereocenters. The first kappa shape index (κ1) is 26.6. The Morgan fingerprint density at radius 1 is 1.00 bits per heavy atom. The third kappa shape index (κ3) is 5.02. The standard InChI is InChI=1S/C28H33ClFN5O3/c1-17-14-34(18(2)13-33(17)15-19-5-7-20(30)8-6-19)27(37)22-11-21-23(16-35(31)25(21)12-24(22)29)26(36)28(38)32-9-3-4-10-32/h5-8,11-12,17-18,23H,3-4,9-10,13-16,31H2,1-2H3/t17-,18+,23?/m0/s1. The molecule has 38 heavy (non-hydrogen) atoms. The van der Waals surface area contributed by atoms with Crippen molar-refractivity contribution in [2.24, 2.45) is 5.84 Å². The number of likely N-dealkylation sites (tertiary alicyclic amines) is 1. The number of fused-ring (bicyclic) bond motifs is 1. The van der Waals surface area contributed by atoms with E-state index in [1.807, 2.05) is 6.92 Å². The lowest BCUT2D eigenvalue weighted by Gasteiger charge is -2.44. The second-order valence-electron chi connectivity index (χ2n) is 10.7. The molecule has 2 aromatic rings. The third-order valence-corrected chi connectivity index (χ3v) is 8.32. The lowest BCUT2D eigenvalue weighted by atomic mass is 9.93. The Morgan fingerprint density at radius 2 is 1.68 bits per heavy atom. The van der Waals surface area contributed by atoms with Crippen molar-refractivity contribution in [3.05, 3.63) is 63.9 Å². The van der Waals surface area contributed by atoms with Gasteiger partial charge in [-0.1, -0.05) is 23.7 Å². The molecule has 0 saturated carbocycles. The maximum absolute atomic E-state index is 13.8. The minimum atomic E-state index is -0.740. The molecule has 2 amide bonds. The fourth-order valence-electron chi connectivity index (χ4n) is 5.79. The van der Waals surface area contributed by atoms with E-state index in [4.69, 9.17) is 17.4 Å². The zero-order chi connectivity index (χ0) is 27.1. The van der Waals surface area contributed by atoms with Crippen LogP contribution in [-0.4, -0.2) is 77.1 Å². The summed E-state index contributed by atoms with van der Waals surface area (Å²) in [5, 5.41) is 1.69. The average molecular weight is 542 g/mol. The van der Waals surface area contributed by atoms with Crippen LogP contribution in [-0.2, 0) is 16.1 Å². The molecule has 202 valence electrons. The van der Waals surface area contributed by atoms with Crippen LogP contribution in [0, 0.1) is 5.82 Å². The van der Waals surface area contributed by atoms with Crippen LogP contribution in [0.25, 0.3) is 0 Å². The number of amides is 2. The molecule has 3 aliphatic heterocycles. The number of benzene rings is 2. The van der Waals surface area contributed by atoms with Gasteiger partial charge in [-0.05, 0) is 62.1 Å². The van der Waals surface area contributed by atoms with Crippen molar-refractivity contribution in [2.75, 3.05) is 37.7 Å². The van der Waals surface area contributed by atoms with Crippen LogP contribution in [0.15, 0.2) is 36.4 Å². The molecule has 5 rings (SSSR count). The van der Waals surface area contributed by atoms with E-state index < -0.39 is 17.6 Å². The van der Waals surface area contributed by atoms with Gasteiger partial charge in [0, 0.05) is 51.4 Å². The van der Waals surface area contributed by atoms with E-state index in [-0.39, 0.29) is 35.4 Å². The summed E-state index contributed by atoms with van der Waals surface area (Å²) in [6.45, 7) is 7.19. The van der Waals surface area contributed by atoms with Gasteiger partial charge in [0.15, 0.2) is 0 Å². The Morgan fingerprint density at radius 3 is 2.37 bits per heavy atom. The van der Waals surface area contributed by atoms with E-state index in [1.165, 1.54) is 17.1 Å². The first-order valence-electron chi connectivity index (χ1n) is 13.1. The van der Waals surface area contributed by atoms with Crippen LogP contribution >= 0.6 is 11.6 Å². The number of hydrazine groups is 1. The molecule has 0 aliphatic carbocycles. The maximum atomic E-state index is 13.8. The molecule has 2 saturated heterocycles. The highest BCUT2D eigenvalue weighted by molar-refractivity contribution is 6.39. The average Bonchev–Trinajstić information content (AvgIpc) is 3.54. The Bertz CT molecular complexity index is 1250. The molecule has 2 fully saturated rings. The highest BCUT2D eigenvalue weighted by atomic mass is 35.5. The molecule has 2 aromatic carbocycles. The second-order valence-corrected chi connectivity index (χ2v) is 11.1. The van der Waals surface area contributed by atoms with Crippen molar-refractivity contribution >= 4 is 34.9 Å². The number of carbonyl (C=O) groups excluding carboxylic acids is 3. The number of carbonyl (C=O) groups is 3. The van der Waals surface area contributed by atoms with Gasteiger partial charge in [0.25, 0.3) is 11.8 Å². The summed E-state index contributed by atoms with van der Waals surface area (Å²) in [7, 11) is 0. The van der Waals surface area contributed by atoms with Crippen molar-refractivity contribution in [2.45, 2.75) is 51.2 Å². The topological polar surface area (TPSA) is 90.2 Å². The van der Waals surface area contributed by atoms with E-state index >= 15 is 0 Å². The second kappa shape index (κ2) is 10.6. The molecular weight excluding hydrogens is 509 g/mol. The first-order valence-corrected chi connectivity index (χ1v) is 13.5. The number of anilines is 1. The molecule has 3 aliphatic rings. The lowest BCUT2D eigenvalue weighted by molar-refractivity contribution is -0.144. The fourth-order valence-corrected chi connectivity index (χ4v) is 6.03. The quantitative estimate of drug-likeness (QED) is 0.462. The fraction of sp³-hybridized carbons (Fsp3) is 0.464. The normalized spacial score (nSPS) is 23.6. The van der Waals surface area contributed by atoms with Crippen molar-refractivity contribution in [3.63, 3.8) is 0 Å². The Labute approximate surface area is 227 Å². The zero-order valence-electron chi connectivity index (χ0n) is 21.7. The largest absolute Gasteiger partial charge is 0.336 e. The summed E-state index contributed by atoms with van der Waals surface area (Å²) in [5.74, 6) is 3.96. The van der Waals surface area contributed by atoms with Gasteiger partial charge in [-0.25, -0.2) is 10.2 Å². The van der Waals surface area contributed by atoms with Gasteiger partial charge >= 0.3 is 0 Å². The molecule has 10 heteroatoms. The Hall–Kier alpha value is -3.01. The van der Waals surface area contributed by atoms with Crippen molar-refractivity contribution in [1.29, 1.82) is 0 Å². The van der Waals surface area contributed by atoms with Gasteiger partial charge in [-0.3, -0.25) is 19.3 Å². The summed E-state index contributed by atoms with van der Waals surface area (Å²) in [6.07, 6.45) is 1.79. The van der Waals surface area contributed by atoms with Crippen molar-refractivity contribution < 1.29 is 18.8 Å². The van der Waals surface area contributed by atoms with Gasteiger partial charge in [0.05, 0.1) is 22.2 Å². The van der Waals surface area contributed by atoms with Crippen molar-refractivity contribution in [1.82, 2.24) is 14.7 Å². The lowest BCUT2D eigenvalue weighted by Crippen LogP contribution is -2.57. The van der Waals surface area contributed by atoms with Gasteiger partial charge in [-0.2, -0.15) is 0 Å². The van der Waals surface area contributed by atoms with Crippen LogP contribution in [0.5, 0.6) is 0 Å². The maximum Gasteiger partial charge on any atom is 0.290 e. The number of hydrogen-bond acceptors (Lipinski definition) is 6. The zero-order valence-corrected chi connectivity index (χ0v) is 22.5. The molecule has 0 spiro atoms. The SMILES string of the molecule is C[C@@H]1CN(Cc2ccc(F)cc2)[C@@H](C)CN1C(=O)c1cc2c(cc1Cl)N(N)CC2C(=O)C(=O)N1CCCC1. The van der Waals surface area contributed by atoms with Crippen LogP contribution in [0.3, 0.4) is 0 Å². The van der Waals surface area contributed by atoms with Gasteiger partial charge < -0.3 is 14.8 Å². The molecule has 2 N–H and O–H groups in total. The number of halogens is 2. The molecule has 8 nitrogen and oxygen atoms in total. The summed E-state index contributed by atoms with van der Waals surface area (Å²) < 4.78 is 13.3. The van der Waals surface area contributed by atoms with E-state index in [0.717, 1.165) is 18.4 Å². The highest BCUT2D eigenvalue weighted by Gasteiger charge is 2.40. The smallest absolute Gasteiger partial charge is 0.290 e. The molecule has 1 unspecified atom stereocenters. The minimum Gasteiger partial charge on any atom is -0.336 e. The molecular formula is C28H33ClFN5O3. The molecule has 3 heterocycles. The number of hydrogen-bond donors (Lipinski definition) is 1. The molecule has 0 radical (unpaired) electrons. The van der Waals surface area contributed by atoms with E-state index in [0.29, 0.717) is 49.5 Å². The summed E-state index contributed by atoms with van der Waals surface area (Å²) in [4.78, 5) is 45.4. The summed E-state index contributed by atoms with van der Waals surface area (Å²) in [6, 6.07) is 9.72. The van der Waals surface area contributed by atoms with Crippen molar-refractivity contribution in [3.8, 4) is 0 Å². The number of nitrogens with zero attached hydrogens (tertiary/aromatic N) is 4. The predicted octanol–water partition coefficient (Wildman–Crippen LogP) is 3.18. The monoisotopic (exact) mass is 541 g/mol.